The first-order valence-corrected chi connectivity index (χ1v) is 7.01. The highest BCUT2D eigenvalue weighted by Crippen LogP contribution is 2.36. The molecule has 0 N–H and O–H groups in total. The number of fused-ring (bicyclic) bond motifs is 1. The summed E-state index contributed by atoms with van der Waals surface area (Å²) in [5, 5.41) is 0. The standard InChI is InChI=1S/C17H19NO3/c1-3-5-13-8-14-10-18(11-15-6-4-7-20-15)12-21-17(14)16(9-13)19-2/h3-9H,10-12H2,1-2H3/b5-3+. The lowest BCUT2D eigenvalue weighted by molar-refractivity contribution is 0.0793. The number of allylic oxidation sites excluding steroid dienone is 1. The summed E-state index contributed by atoms with van der Waals surface area (Å²) in [5.74, 6) is 2.58. The van der Waals surface area contributed by atoms with Crippen LogP contribution in [-0.4, -0.2) is 18.7 Å². The molecule has 2 aromatic rings. The van der Waals surface area contributed by atoms with Crippen molar-refractivity contribution in [1.82, 2.24) is 4.90 Å². The van der Waals surface area contributed by atoms with Crippen molar-refractivity contribution >= 4 is 6.08 Å². The van der Waals surface area contributed by atoms with E-state index in [1.54, 1.807) is 13.4 Å². The number of hydrogen-bond acceptors (Lipinski definition) is 4. The molecule has 0 unspecified atom stereocenters. The summed E-state index contributed by atoms with van der Waals surface area (Å²) in [4.78, 5) is 2.19. The van der Waals surface area contributed by atoms with Gasteiger partial charge < -0.3 is 13.9 Å². The first kappa shape index (κ1) is 13.8. The molecule has 0 amide bonds. The molecule has 0 saturated heterocycles. The van der Waals surface area contributed by atoms with Gasteiger partial charge in [0.05, 0.1) is 19.9 Å². The number of hydrogen-bond donors (Lipinski definition) is 0. The van der Waals surface area contributed by atoms with Crippen LogP contribution in [0.5, 0.6) is 11.5 Å². The van der Waals surface area contributed by atoms with Gasteiger partial charge in [-0.2, -0.15) is 0 Å². The number of ether oxygens (including phenoxy) is 2. The van der Waals surface area contributed by atoms with Gasteiger partial charge in [0.1, 0.15) is 12.5 Å². The first-order chi connectivity index (χ1) is 10.3. The van der Waals surface area contributed by atoms with Crippen LogP contribution in [0.4, 0.5) is 0 Å². The number of methoxy groups -OCH3 is 1. The highest BCUT2D eigenvalue weighted by atomic mass is 16.5. The van der Waals surface area contributed by atoms with Crippen molar-refractivity contribution < 1.29 is 13.9 Å². The van der Waals surface area contributed by atoms with Crippen molar-refractivity contribution in [3.63, 3.8) is 0 Å². The maximum Gasteiger partial charge on any atom is 0.167 e. The Morgan fingerprint density at radius 3 is 3.00 bits per heavy atom. The SMILES string of the molecule is C/C=C/c1cc2c(c(OC)c1)OCN(Cc1ccco1)C2. The normalized spacial score (nSPS) is 15.0. The van der Waals surface area contributed by atoms with Gasteiger partial charge in [0.2, 0.25) is 0 Å². The Bertz CT molecular complexity index is 632. The molecule has 1 aliphatic rings. The van der Waals surface area contributed by atoms with E-state index in [-0.39, 0.29) is 0 Å². The van der Waals surface area contributed by atoms with E-state index >= 15 is 0 Å². The number of rotatable bonds is 4. The number of furan rings is 1. The van der Waals surface area contributed by atoms with Gasteiger partial charge in [-0.3, -0.25) is 4.90 Å². The zero-order chi connectivity index (χ0) is 14.7. The van der Waals surface area contributed by atoms with E-state index in [1.807, 2.05) is 31.2 Å². The molecule has 4 nitrogen and oxygen atoms in total. The summed E-state index contributed by atoms with van der Waals surface area (Å²) in [6, 6.07) is 8.03. The molecule has 0 fully saturated rings. The van der Waals surface area contributed by atoms with E-state index < -0.39 is 0 Å². The minimum Gasteiger partial charge on any atom is -0.493 e. The molecule has 21 heavy (non-hydrogen) atoms. The fraction of sp³-hybridized carbons (Fsp3) is 0.294. The Balaban J connectivity index is 1.85. The highest BCUT2D eigenvalue weighted by Gasteiger charge is 2.22. The second-order valence-corrected chi connectivity index (χ2v) is 5.05. The molecule has 0 saturated carbocycles. The molecule has 1 aliphatic heterocycles. The van der Waals surface area contributed by atoms with Crippen LogP contribution in [0.3, 0.4) is 0 Å². The van der Waals surface area contributed by atoms with Crippen LogP contribution < -0.4 is 9.47 Å². The maximum atomic E-state index is 5.88. The molecule has 0 bridgehead atoms. The van der Waals surface area contributed by atoms with Crippen LogP contribution in [0, 0.1) is 0 Å². The molecule has 0 radical (unpaired) electrons. The summed E-state index contributed by atoms with van der Waals surface area (Å²) >= 11 is 0. The average Bonchev–Trinajstić information content (AvgIpc) is 2.99. The van der Waals surface area contributed by atoms with Crippen LogP contribution in [0.25, 0.3) is 6.08 Å². The third-order valence-electron chi connectivity index (χ3n) is 3.48. The lowest BCUT2D eigenvalue weighted by atomic mass is 10.1. The van der Waals surface area contributed by atoms with Gasteiger partial charge in [-0.05, 0) is 36.8 Å². The Morgan fingerprint density at radius 1 is 1.38 bits per heavy atom. The zero-order valence-corrected chi connectivity index (χ0v) is 12.3. The van der Waals surface area contributed by atoms with Crippen molar-refractivity contribution in [2.24, 2.45) is 0 Å². The molecule has 0 atom stereocenters. The zero-order valence-electron chi connectivity index (χ0n) is 12.3. The molecule has 4 heteroatoms. The van der Waals surface area contributed by atoms with Crippen LogP contribution in [0.15, 0.2) is 41.0 Å². The largest absolute Gasteiger partial charge is 0.493 e. The molecule has 0 aliphatic carbocycles. The van der Waals surface area contributed by atoms with Crippen molar-refractivity contribution in [2.45, 2.75) is 20.0 Å². The van der Waals surface area contributed by atoms with Gasteiger partial charge in [-0.25, -0.2) is 0 Å². The summed E-state index contributed by atoms with van der Waals surface area (Å²) < 4.78 is 16.7. The van der Waals surface area contributed by atoms with Crippen LogP contribution >= 0.6 is 0 Å². The van der Waals surface area contributed by atoms with E-state index in [4.69, 9.17) is 13.9 Å². The quantitative estimate of drug-likeness (QED) is 0.858. The Kier molecular flexibility index (Phi) is 3.97. The van der Waals surface area contributed by atoms with E-state index in [0.717, 1.165) is 41.5 Å². The fourth-order valence-corrected chi connectivity index (χ4v) is 2.57. The predicted octanol–water partition coefficient (Wildman–Crippen LogP) is 3.67. The highest BCUT2D eigenvalue weighted by molar-refractivity contribution is 5.59. The fourth-order valence-electron chi connectivity index (χ4n) is 2.57. The first-order valence-electron chi connectivity index (χ1n) is 7.01. The van der Waals surface area contributed by atoms with Crippen LogP contribution in [-0.2, 0) is 13.1 Å². The lowest BCUT2D eigenvalue weighted by Crippen LogP contribution is -2.31. The monoisotopic (exact) mass is 285 g/mol. The van der Waals surface area contributed by atoms with Crippen molar-refractivity contribution in [1.29, 1.82) is 0 Å². The van der Waals surface area contributed by atoms with Crippen molar-refractivity contribution in [3.05, 3.63) is 53.5 Å². The molecule has 0 spiro atoms. The molecule has 110 valence electrons. The predicted molar refractivity (Wildman–Crippen MR) is 81.2 cm³/mol. The summed E-state index contributed by atoms with van der Waals surface area (Å²) in [6.07, 6.45) is 5.78. The molecule has 3 rings (SSSR count). The third-order valence-corrected chi connectivity index (χ3v) is 3.48. The third kappa shape index (κ3) is 2.95. The van der Waals surface area contributed by atoms with E-state index in [9.17, 15) is 0 Å². The minimum atomic E-state index is 0.535. The van der Waals surface area contributed by atoms with E-state index in [1.165, 1.54) is 0 Å². The van der Waals surface area contributed by atoms with E-state index in [2.05, 4.69) is 17.0 Å². The van der Waals surface area contributed by atoms with Gasteiger partial charge in [-0.1, -0.05) is 12.2 Å². The van der Waals surface area contributed by atoms with Gasteiger partial charge in [0.25, 0.3) is 0 Å². The molecule has 2 heterocycles. The Morgan fingerprint density at radius 2 is 2.29 bits per heavy atom. The summed E-state index contributed by atoms with van der Waals surface area (Å²) in [6.45, 7) is 4.10. The van der Waals surface area contributed by atoms with Gasteiger partial charge in [0.15, 0.2) is 11.5 Å². The molecular weight excluding hydrogens is 266 g/mol. The number of nitrogens with zero attached hydrogens (tertiary/aromatic N) is 1. The van der Waals surface area contributed by atoms with Crippen LogP contribution in [0.2, 0.25) is 0 Å². The second kappa shape index (κ2) is 6.06. The molecule has 1 aromatic heterocycles. The van der Waals surface area contributed by atoms with Gasteiger partial charge in [0, 0.05) is 12.1 Å². The number of benzene rings is 1. The summed E-state index contributed by atoms with van der Waals surface area (Å²) in [7, 11) is 1.67. The van der Waals surface area contributed by atoms with Crippen LogP contribution in [0.1, 0.15) is 23.8 Å². The van der Waals surface area contributed by atoms with Crippen molar-refractivity contribution in [3.8, 4) is 11.5 Å². The smallest absolute Gasteiger partial charge is 0.167 e. The topological polar surface area (TPSA) is 34.8 Å². The van der Waals surface area contributed by atoms with Gasteiger partial charge in [-0.15, -0.1) is 0 Å². The van der Waals surface area contributed by atoms with Gasteiger partial charge >= 0.3 is 0 Å². The molecular formula is C17H19NO3. The summed E-state index contributed by atoms with van der Waals surface area (Å²) in [5.41, 5.74) is 2.26. The maximum absolute atomic E-state index is 5.88. The Labute approximate surface area is 124 Å². The second-order valence-electron chi connectivity index (χ2n) is 5.05. The lowest BCUT2D eigenvalue weighted by Gasteiger charge is -2.29. The van der Waals surface area contributed by atoms with Crippen molar-refractivity contribution in [2.75, 3.05) is 13.8 Å². The Hall–Kier alpha value is -2.20. The average molecular weight is 285 g/mol. The van der Waals surface area contributed by atoms with E-state index in [0.29, 0.717) is 6.73 Å². The molecule has 1 aromatic carbocycles. The minimum absolute atomic E-state index is 0.535.